The van der Waals surface area contributed by atoms with Crippen LogP contribution in [0.4, 0.5) is 0 Å². The van der Waals surface area contributed by atoms with E-state index in [2.05, 4.69) is 39.3 Å². The molecule has 4 aliphatic rings. The molecule has 5 rings (SSSR count). The van der Waals surface area contributed by atoms with E-state index in [0.29, 0.717) is 70.6 Å². The molecule has 0 saturated carbocycles. The summed E-state index contributed by atoms with van der Waals surface area (Å²) in [6.45, 7) is 14.1. The minimum absolute atomic E-state index is 0.0986. The summed E-state index contributed by atoms with van der Waals surface area (Å²) in [7, 11) is 0. The molecule has 1 unspecified atom stereocenters. The average molecular weight is 788 g/mol. The topological polar surface area (TPSA) is 138 Å². The van der Waals surface area contributed by atoms with Crippen molar-refractivity contribution >= 4 is 39.6 Å². The summed E-state index contributed by atoms with van der Waals surface area (Å²) in [6.07, 6.45) is 5.91. The molecule has 2 bridgehead atoms. The number of aliphatic hydroxyl groups is 1. The van der Waals surface area contributed by atoms with Crippen LogP contribution in [0.5, 0.6) is 0 Å². The Balaban J connectivity index is 1.43. The molecule has 0 aromatic heterocycles. The van der Waals surface area contributed by atoms with Crippen LogP contribution < -0.4 is 5.32 Å². The molecule has 0 aliphatic carbocycles. The van der Waals surface area contributed by atoms with E-state index in [-0.39, 0.29) is 35.6 Å². The Bertz CT molecular complexity index is 1410. The highest BCUT2D eigenvalue weighted by Gasteiger charge is 2.77. The number of amides is 3. The number of unbranched alkanes of at least 4 members (excludes halogenated alkanes) is 3. The second kappa shape index (κ2) is 18.8. The van der Waals surface area contributed by atoms with Crippen LogP contribution in [0.3, 0.4) is 0 Å². The molecule has 52 heavy (non-hydrogen) atoms. The highest BCUT2D eigenvalue weighted by molar-refractivity contribution is 9.09. The lowest BCUT2D eigenvalue weighted by Gasteiger charge is -2.38. The van der Waals surface area contributed by atoms with Crippen molar-refractivity contribution in [3.63, 3.8) is 0 Å². The average Bonchev–Trinajstić information content (AvgIpc) is 3.74. The Morgan fingerprint density at radius 2 is 1.85 bits per heavy atom. The predicted octanol–water partition coefficient (Wildman–Crippen LogP) is 3.39. The quantitative estimate of drug-likeness (QED) is 0.0883. The molecular formula is C39H55BrN4O8. The van der Waals surface area contributed by atoms with Crippen molar-refractivity contribution in [1.29, 1.82) is 0 Å². The number of carbonyl (C=O) groups is 4. The molecule has 0 radical (unpaired) electrons. The fraction of sp³-hybridized carbons (Fsp3) is 0.641. The number of esters is 1. The number of halogens is 1. The number of hydrogen-bond acceptors (Lipinski definition) is 9. The van der Waals surface area contributed by atoms with E-state index < -0.39 is 47.7 Å². The molecular weight excluding hydrogens is 732 g/mol. The predicted molar refractivity (Wildman–Crippen MR) is 199 cm³/mol. The Morgan fingerprint density at radius 3 is 2.54 bits per heavy atom. The monoisotopic (exact) mass is 786 g/mol. The van der Waals surface area contributed by atoms with E-state index in [0.717, 1.165) is 25.9 Å². The molecule has 3 amide bonds. The number of morpholine rings is 1. The van der Waals surface area contributed by atoms with Gasteiger partial charge in [-0.15, -0.1) is 13.2 Å². The van der Waals surface area contributed by atoms with Gasteiger partial charge in [-0.25, -0.2) is 0 Å². The standard InChI is InChI=1S/C39H55BrN4O8/c1-4-6-16-30(46)41-27(3)33(28-14-10-9-11-15-28)51-38(49)31-32-36(47)44(18-12-7-8-13-23-45)35(39(32)26-29(40)34(31)52-39)37(48)43(17-5-2)20-19-42-21-24-50-25-22-42/h4-5,9-11,14-15,27,29,31-35,45H,1-2,6-8,12-13,16-26H2,3H3,(H,41,46)/t27-,29?,31-,32+,33-,34-,35-,39+/m0/s1. The smallest absolute Gasteiger partial charge is 0.313 e. The Labute approximate surface area is 316 Å². The number of likely N-dealkylation sites (tertiary alicyclic amines) is 1. The number of aliphatic hydroxyl groups excluding tert-OH is 1. The second-order valence-corrected chi connectivity index (χ2v) is 15.5. The first-order valence-corrected chi connectivity index (χ1v) is 19.7. The number of ether oxygens (including phenoxy) is 3. The second-order valence-electron chi connectivity index (χ2n) is 14.3. The summed E-state index contributed by atoms with van der Waals surface area (Å²) in [5, 5.41) is 12.3. The van der Waals surface area contributed by atoms with E-state index in [9.17, 15) is 24.3 Å². The van der Waals surface area contributed by atoms with Gasteiger partial charge in [0, 0.05) is 57.1 Å². The SMILES string of the molecule is C=CCCC(=O)N[C@@H](C)[C@H](OC(=O)[C@@H]1[C@H]2O[C@@]3(CC2Br)[C@H](C(=O)N(CC=C)CCN2CCOCC2)N(CCCCCCO)C(=O)[C@@H]13)c1ccccc1. The van der Waals surface area contributed by atoms with Crippen molar-refractivity contribution in [2.75, 3.05) is 59.1 Å². The number of rotatable bonds is 20. The van der Waals surface area contributed by atoms with Crippen LogP contribution in [0.2, 0.25) is 0 Å². The zero-order chi connectivity index (χ0) is 37.3. The Morgan fingerprint density at radius 1 is 1.12 bits per heavy atom. The van der Waals surface area contributed by atoms with Crippen molar-refractivity contribution in [1.82, 2.24) is 20.0 Å². The van der Waals surface area contributed by atoms with Crippen molar-refractivity contribution < 1.29 is 38.5 Å². The van der Waals surface area contributed by atoms with Gasteiger partial charge >= 0.3 is 5.97 Å². The highest BCUT2D eigenvalue weighted by atomic mass is 79.9. The van der Waals surface area contributed by atoms with Gasteiger partial charge in [-0.1, -0.05) is 71.3 Å². The number of fused-ring (bicyclic) bond motifs is 1. The van der Waals surface area contributed by atoms with Gasteiger partial charge in [0.1, 0.15) is 17.7 Å². The largest absolute Gasteiger partial charge is 0.455 e. The van der Waals surface area contributed by atoms with Crippen LogP contribution in [0.1, 0.15) is 63.5 Å². The number of alkyl halides is 1. The van der Waals surface area contributed by atoms with Gasteiger partial charge in [0.15, 0.2) is 0 Å². The fourth-order valence-electron chi connectivity index (χ4n) is 8.31. The van der Waals surface area contributed by atoms with Gasteiger partial charge in [0.2, 0.25) is 17.7 Å². The van der Waals surface area contributed by atoms with Gasteiger partial charge < -0.3 is 34.4 Å². The molecule has 1 aromatic rings. The first-order valence-electron chi connectivity index (χ1n) is 18.8. The number of hydrogen-bond donors (Lipinski definition) is 2. The fourth-order valence-corrected chi connectivity index (χ4v) is 9.26. The van der Waals surface area contributed by atoms with Gasteiger partial charge in [-0.05, 0) is 38.2 Å². The van der Waals surface area contributed by atoms with Crippen LogP contribution in [0.25, 0.3) is 0 Å². The third-order valence-corrected chi connectivity index (χ3v) is 11.7. The van der Waals surface area contributed by atoms with E-state index in [1.807, 2.05) is 30.3 Å². The summed E-state index contributed by atoms with van der Waals surface area (Å²) in [6, 6.07) is 7.74. The van der Waals surface area contributed by atoms with E-state index >= 15 is 0 Å². The van der Waals surface area contributed by atoms with E-state index in [1.54, 1.807) is 28.9 Å². The normalized spacial score (nSPS) is 27.9. The molecule has 4 aliphatic heterocycles. The minimum atomic E-state index is -1.23. The van der Waals surface area contributed by atoms with Crippen molar-refractivity contribution in [2.45, 2.75) is 86.6 Å². The maximum absolute atomic E-state index is 14.8. The lowest BCUT2D eigenvalue weighted by molar-refractivity contribution is -0.162. The summed E-state index contributed by atoms with van der Waals surface area (Å²) >= 11 is 3.77. The molecule has 4 saturated heterocycles. The van der Waals surface area contributed by atoms with Gasteiger partial charge in [0.25, 0.3) is 0 Å². The van der Waals surface area contributed by atoms with Crippen LogP contribution >= 0.6 is 15.9 Å². The number of allylic oxidation sites excluding steroid dienone is 1. The number of carbonyl (C=O) groups excluding carboxylic acids is 4. The van der Waals surface area contributed by atoms with Crippen molar-refractivity contribution in [3.8, 4) is 0 Å². The van der Waals surface area contributed by atoms with Crippen molar-refractivity contribution in [2.24, 2.45) is 11.8 Å². The van der Waals surface area contributed by atoms with Crippen LogP contribution in [-0.4, -0.2) is 131 Å². The number of benzene rings is 1. The third-order valence-electron chi connectivity index (χ3n) is 10.8. The summed E-state index contributed by atoms with van der Waals surface area (Å²) in [5.41, 5.74) is -0.523. The molecule has 4 heterocycles. The zero-order valence-electron chi connectivity index (χ0n) is 30.3. The Kier molecular flexibility index (Phi) is 14.5. The lowest BCUT2D eigenvalue weighted by atomic mass is 9.70. The molecule has 4 fully saturated rings. The molecule has 286 valence electrons. The molecule has 12 nitrogen and oxygen atoms in total. The molecule has 2 N–H and O–H groups in total. The summed E-state index contributed by atoms with van der Waals surface area (Å²) in [4.78, 5) is 62.0. The number of nitrogens with one attached hydrogen (secondary N) is 1. The molecule has 1 aromatic carbocycles. The Hall–Kier alpha value is -3.10. The van der Waals surface area contributed by atoms with E-state index in [4.69, 9.17) is 14.2 Å². The number of nitrogens with zero attached hydrogens (tertiary/aromatic N) is 3. The zero-order valence-corrected chi connectivity index (χ0v) is 31.9. The van der Waals surface area contributed by atoms with Crippen molar-refractivity contribution in [3.05, 3.63) is 61.2 Å². The van der Waals surface area contributed by atoms with Gasteiger partial charge in [-0.3, -0.25) is 24.1 Å². The molecule has 8 atom stereocenters. The molecule has 13 heteroatoms. The maximum atomic E-state index is 14.8. The first kappa shape index (κ1) is 40.1. The van der Waals surface area contributed by atoms with Crippen LogP contribution in [0, 0.1) is 11.8 Å². The first-order chi connectivity index (χ1) is 25.2. The molecule has 1 spiro atoms. The van der Waals surface area contributed by atoms with E-state index in [1.165, 1.54) is 0 Å². The van der Waals surface area contributed by atoms with Crippen LogP contribution in [-0.2, 0) is 33.4 Å². The third kappa shape index (κ3) is 8.81. The highest BCUT2D eigenvalue weighted by Crippen LogP contribution is 2.60. The summed E-state index contributed by atoms with van der Waals surface area (Å²) in [5.74, 6) is -3.15. The van der Waals surface area contributed by atoms with Gasteiger partial charge in [-0.2, -0.15) is 0 Å². The lowest BCUT2D eigenvalue weighted by Crippen LogP contribution is -2.57. The van der Waals surface area contributed by atoms with Crippen LogP contribution in [0.15, 0.2) is 55.6 Å². The maximum Gasteiger partial charge on any atom is 0.313 e. The summed E-state index contributed by atoms with van der Waals surface area (Å²) < 4.78 is 18.6. The minimum Gasteiger partial charge on any atom is -0.455 e. The van der Waals surface area contributed by atoms with Gasteiger partial charge in [0.05, 0.1) is 37.2 Å².